The number of aryl methyl sites for hydroxylation is 3. The minimum atomic E-state index is -2.61. The van der Waals surface area contributed by atoms with Crippen LogP contribution in [0.1, 0.15) is 97.2 Å². The SMILES string of the molecule is CC(C)(C)C(=O)/C=C(\O)C(C)(C)C.[2H]C([2H])([2H])c1ccc2c(n1)oc1c(-c3cc(-c4cc5ccc(C(C)(C)C)nc5cc4C([2H])([2H])[2H])c(C([2H])([2H])[2H])cn3)[c-]ccc12.[Ir]. The maximum Gasteiger partial charge on any atom is 0.216 e. The molecule has 2 aromatic carbocycles. The van der Waals surface area contributed by atoms with E-state index in [-0.39, 0.29) is 81.8 Å². The molecule has 1 radical (unpaired) electrons. The zero-order chi connectivity index (χ0) is 43.6. The Hall–Kier alpha value is -4.19. The van der Waals surface area contributed by atoms with Crippen molar-refractivity contribution in [3.05, 3.63) is 101 Å². The minimum absolute atomic E-state index is 0. The first kappa shape index (κ1) is 27.5. The van der Waals surface area contributed by atoms with Gasteiger partial charge in [-0.05, 0) is 78.8 Å². The van der Waals surface area contributed by atoms with E-state index in [1.165, 1.54) is 30.5 Å². The largest absolute Gasteiger partial charge is 0.512 e. The summed E-state index contributed by atoms with van der Waals surface area (Å²) in [5, 5.41) is 11.4. The molecule has 0 unspecified atom stereocenters. The van der Waals surface area contributed by atoms with Gasteiger partial charge in [-0.25, -0.2) is 4.98 Å². The fraction of sp³-hybridized carbons (Fsp3) is 0.349. The molecule has 6 rings (SSSR count). The van der Waals surface area contributed by atoms with E-state index in [0.717, 1.165) is 5.69 Å². The number of pyridine rings is 3. The zero-order valence-corrected chi connectivity index (χ0v) is 32.2. The van der Waals surface area contributed by atoms with Crippen LogP contribution in [0.2, 0.25) is 0 Å². The van der Waals surface area contributed by atoms with Gasteiger partial charge in [0.05, 0.1) is 11.1 Å². The topological polar surface area (TPSA) is 89.1 Å². The number of nitrogens with zero attached hydrogens (tertiary/aromatic N) is 3. The van der Waals surface area contributed by atoms with Crippen molar-refractivity contribution in [1.82, 2.24) is 15.0 Å². The average Bonchev–Trinajstić information content (AvgIpc) is 3.47. The van der Waals surface area contributed by atoms with Gasteiger partial charge in [0.15, 0.2) is 5.78 Å². The molecule has 0 aliphatic heterocycles. The number of aromatic nitrogens is 3. The molecule has 0 spiro atoms. The van der Waals surface area contributed by atoms with E-state index in [4.69, 9.17) is 21.7 Å². The number of furan rings is 1. The number of aliphatic hydroxyl groups is 1. The van der Waals surface area contributed by atoms with Crippen molar-refractivity contribution in [3.63, 3.8) is 0 Å². The molecule has 7 heteroatoms. The summed E-state index contributed by atoms with van der Waals surface area (Å²) in [5.41, 5.74) is 1.52. The van der Waals surface area contributed by atoms with Crippen molar-refractivity contribution >= 4 is 38.8 Å². The van der Waals surface area contributed by atoms with Crippen molar-refractivity contribution in [2.45, 2.75) is 88.3 Å². The first-order valence-electron chi connectivity index (χ1n) is 20.5. The molecule has 6 aromatic rings. The fourth-order valence-corrected chi connectivity index (χ4v) is 5.00. The third kappa shape index (κ3) is 8.22. The van der Waals surface area contributed by atoms with Crippen molar-refractivity contribution in [3.8, 4) is 22.4 Å². The van der Waals surface area contributed by atoms with Crippen LogP contribution in [0, 0.1) is 37.5 Å². The summed E-state index contributed by atoms with van der Waals surface area (Å²) >= 11 is 0. The monoisotopic (exact) mass is 856 g/mol. The molecule has 0 amide bonds. The Labute approximate surface area is 322 Å². The van der Waals surface area contributed by atoms with E-state index in [9.17, 15) is 9.90 Å². The van der Waals surface area contributed by atoms with Gasteiger partial charge in [-0.15, -0.1) is 18.2 Å². The summed E-state index contributed by atoms with van der Waals surface area (Å²) in [7, 11) is 0. The van der Waals surface area contributed by atoms with Gasteiger partial charge in [-0.1, -0.05) is 85.4 Å². The fourth-order valence-electron chi connectivity index (χ4n) is 5.00. The molecule has 0 atom stereocenters. The van der Waals surface area contributed by atoms with Crippen LogP contribution in [0.15, 0.2) is 77.0 Å². The summed E-state index contributed by atoms with van der Waals surface area (Å²) in [5.74, 6) is 0.104. The molecule has 4 heterocycles. The number of benzene rings is 2. The second-order valence-corrected chi connectivity index (χ2v) is 15.3. The van der Waals surface area contributed by atoms with Crippen LogP contribution in [0.3, 0.4) is 0 Å². The smallest absolute Gasteiger partial charge is 0.216 e. The van der Waals surface area contributed by atoms with Gasteiger partial charge in [-0.3, -0.25) is 9.78 Å². The van der Waals surface area contributed by atoms with Gasteiger partial charge in [0.2, 0.25) is 5.71 Å². The third-order valence-corrected chi connectivity index (χ3v) is 8.12. The first-order valence-corrected chi connectivity index (χ1v) is 16.0. The van der Waals surface area contributed by atoms with E-state index in [0.29, 0.717) is 32.8 Å². The Morgan fingerprint density at radius 2 is 1.56 bits per heavy atom. The summed E-state index contributed by atoms with van der Waals surface area (Å²) in [6, 6.07) is 18.0. The Kier molecular flexibility index (Phi) is 7.82. The second kappa shape index (κ2) is 14.2. The summed E-state index contributed by atoms with van der Waals surface area (Å²) in [6.07, 6.45) is 2.56. The maximum absolute atomic E-state index is 11.5. The van der Waals surface area contributed by atoms with Crippen LogP contribution in [-0.4, -0.2) is 25.8 Å². The standard InChI is InChI=1S/C32H28N3O.C11H20O2.Ir/c1-18-14-27-21(11-13-29(35-27)32(4,5)6)15-25(18)26-16-28(33-17-19(26)2)24-9-7-8-22-23-12-10-20(3)34-31(23)36-30(22)24;1-10(2,3)8(12)7-9(13)11(4,5)6;/h7-8,10-17H,1-6H3;7,12H,1-6H3;/q-1;;/b;8-7-;/i1D3,2D3,3D3;;. The zero-order valence-electron chi connectivity index (χ0n) is 38.8. The third-order valence-electron chi connectivity index (χ3n) is 8.12. The van der Waals surface area contributed by atoms with Crippen molar-refractivity contribution in [1.29, 1.82) is 0 Å². The molecule has 4 aromatic heterocycles. The van der Waals surface area contributed by atoms with Gasteiger partial charge < -0.3 is 14.5 Å². The summed E-state index contributed by atoms with van der Waals surface area (Å²) in [4.78, 5) is 24.9. The van der Waals surface area contributed by atoms with E-state index in [2.05, 4.69) is 16.0 Å². The van der Waals surface area contributed by atoms with Crippen LogP contribution >= 0.6 is 0 Å². The van der Waals surface area contributed by atoms with Gasteiger partial charge >= 0.3 is 0 Å². The molecule has 0 saturated carbocycles. The van der Waals surface area contributed by atoms with Crippen molar-refractivity contribution in [2.75, 3.05) is 0 Å². The normalized spacial score (nSPS) is 15.9. The number of hydrogen-bond donors (Lipinski definition) is 1. The molecule has 0 bridgehead atoms. The molecule has 263 valence electrons. The van der Waals surface area contributed by atoms with Crippen LogP contribution in [0.5, 0.6) is 0 Å². The Morgan fingerprint density at radius 3 is 2.20 bits per heavy atom. The summed E-state index contributed by atoms with van der Waals surface area (Å²) < 4.78 is 79.1. The maximum atomic E-state index is 11.5. The molecular formula is C43H48IrN3O3-. The molecule has 50 heavy (non-hydrogen) atoms. The predicted octanol–water partition coefficient (Wildman–Crippen LogP) is 11.4. The van der Waals surface area contributed by atoms with Crippen LogP contribution in [0.25, 0.3) is 55.4 Å². The number of allylic oxidation sites excluding steroid dienone is 2. The van der Waals surface area contributed by atoms with Crippen molar-refractivity contribution in [2.24, 2.45) is 10.8 Å². The second-order valence-electron chi connectivity index (χ2n) is 15.3. The number of fused-ring (bicyclic) bond motifs is 4. The number of hydrogen-bond acceptors (Lipinski definition) is 6. The number of rotatable bonds is 3. The molecule has 0 aliphatic carbocycles. The van der Waals surface area contributed by atoms with E-state index in [1.54, 1.807) is 24.3 Å². The molecule has 6 nitrogen and oxygen atoms in total. The molecule has 0 aliphatic rings. The van der Waals surface area contributed by atoms with Crippen LogP contribution in [-0.2, 0) is 30.3 Å². The Bertz CT molecular complexity index is 2570. The minimum Gasteiger partial charge on any atom is -0.512 e. The molecule has 0 fully saturated rings. The number of ketones is 1. The van der Waals surface area contributed by atoms with Gasteiger partial charge in [0, 0.05) is 83.1 Å². The number of aliphatic hydroxyl groups excluding tert-OH is 1. The molecule has 0 saturated heterocycles. The first-order chi connectivity index (χ1) is 26.4. The number of carbonyl (C=O) groups excluding carboxylic acids is 1. The average molecular weight is 856 g/mol. The van der Waals surface area contributed by atoms with Gasteiger partial charge in [0.1, 0.15) is 5.76 Å². The Morgan fingerprint density at radius 1 is 0.840 bits per heavy atom. The van der Waals surface area contributed by atoms with Gasteiger partial charge in [-0.2, -0.15) is 0 Å². The summed E-state index contributed by atoms with van der Waals surface area (Å²) in [6.45, 7) is 9.55. The van der Waals surface area contributed by atoms with Gasteiger partial charge in [0.25, 0.3) is 0 Å². The van der Waals surface area contributed by atoms with Crippen molar-refractivity contribution < 1.29 is 46.8 Å². The quantitative estimate of drug-likeness (QED) is 0.108. The molecule has 1 N–H and O–H groups in total. The number of carbonyl (C=O) groups is 1. The molecular weight excluding hydrogens is 799 g/mol. The van der Waals surface area contributed by atoms with E-state index in [1.807, 2.05) is 74.4 Å². The Balaban J connectivity index is 0.000000475. The van der Waals surface area contributed by atoms with Crippen LogP contribution < -0.4 is 0 Å². The van der Waals surface area contributed by atoms with Crippen LogP contribution in [0.4, 0.5) is 0 Å². The predicted molar refractivity (Wildman–Crippen MR) is 202 cm³/mol. The van der Waals surface area contributed by atoms with E-state index >= 15 is 0 Å². The van der Waals surface area contributed by atoms with E-state index < -0.39 is 26.0 Å².